The fraction of sp³-hybridized carbons (Fsp3) is 0.625. The third kappa shape index (κ3) is 2.00. The van der Waals surface area contributed by atoms with Crippen LogP contribution in [0.3, 0.4) is 0 Å². The number of aliphatic hydroxyl groups excluding tert-OH is 3. The van der Waals surface area contributed by atoms with E-state index in [1.807, 2.05) is 0 Å². The largest absolute Gasteiger partial charge is 0.394 e. The van der Waals surface area contributed by atoms with Gasteiger partial charge in [-0.2, -0.15) is 4.98 Å². The van der Waals surface area contributed by atoms with Crippen LogP contribution < -0.4 is 11.4 Å². The van der Waals surface area contributed by atoms with Crippen LogP contribution in [0.15, 0.2) is 11.1 Å². The molecule has 0 bridgehead atoms. The van der Waals surface area contributed by atoms with Crippen LogP contribution in [0, 0.1) is 0 Å². The molecule has 0 spiro atoms. The number of hydrogen-bond acceptors (Lipinski definition) is 8. The standard InChI is InChI=1S/C8H12N4O5/c9-7-10-2-12(8(16)11-7)6-5(15)4(14)3(1-13)17-6/h2-6,13-15H,1H2,(H2,9,11,16)/t3-,4+,5?,6-/m1/s1. The molecule has 1 fully saturated rings. The molecule has 9 nitrogen and oxygen atoms in total. The van der Waals surface area contributed by atoms with Crippen molar-refractivity contribution in [1.29, 1.82) is 0 Å². The van der Waals surface area contributed by atoms with E-state index in [0.29, 0.717) is 0 Å². The number of aromatic nitrogens is 3. The number of nitrogen functional groups attached to an aromatic ring is 1. The normalized spacial score (nSPS) is 32.9. The molecule has 1 aliphatic heterocycles. The Kier molecular flexibility index (Phi) is 3.07. The number of anilines is 1. The van der Waals surface area contributed by atoms with Gasteiger partial charge in [-0.1, -0.05) is 0 Å². The first-order valence-electron chi connectivity index (χ1n) is 4.87. The van der Waals surface area contributed by atoms with Crippen LogP contribution in [0.1, 0.15) is 6.23 Å². The summed E-state index contributed by atoms with van der Waals surface area (Å²) in [7, 11) is 0. The summed E-state index contributed by atoms with van der Waals surface area (Å²) in [5.74, 6) is -0.196. The molecule has 0 aromatic carbocycles. The fourth-order valence-electron chi connectivity index (χ4n) is 1.64. The lowest BCUT2D eigenvalue weighted by Crippen LogP contribution is -2.36. The van der Waals surface area contributed by atoms with Crippen LogP contribution >= 0.6 is 0 Å². The lowest BCUT2D eigenvalue weighted by atomic mass is 10.1. The van der Waals surface area contributed by atoms with Gasteiger partial charge in [0.25, 0.3) is 0 Å². The predicted molar refractivity (Wildman–Crippen MR) is 53.7 cm³/mol. The zero-order chi connectivity index (χ0) is 12.6. The SMILES string of the molecule is Nc1ncn([C@@H]2O[C@H](CO)[C@H](O)C2O)c(=O)n1. The van der Waals surface area contributed by atoms with Gasteiger partial charge in [-0.3, -0.25) is 4.57 Å². The van der Waals surface area contributed by atoms with Crippen LogP contribution in [0.25, 0.3) is 0 Å². The van der Waals surface area contributed by atoms with Gasteiger partial charge < -0.3 is 25.8 Å². The Morgan fingerprint density at radius 1 is 1.47 bits per heavy atom. The maximum absolute atomic E-state index is 11.5. The number of nitrogens with zero attached hydrogens (tertiary/aromatic N) is 3. The highest BCUT2D eigenvalue weighted by Gasteiger charge is 2.43. The molecule has 0 amide bonds. The van der Waals surface area contributed by atoms with E-state index >= 15 is 0 Å². The summed E-state index contributed by atoms with van der Waals surface area (Å²) in [5, 5.41) is 28.1. The highest BCUT2D eigenvalue weighted by molar-refractivity contribution is 5.10. The molecule has 2 heterocycles. The molecule has 1 saturated heterocycles. The van der Waals surface area contributed by atoms with Crippen LogP contribution in [0.4, 0.5) is 5.95 Å². The summed E-state index contributed by atoms with van der Waals surface area (Å²) in [5.41, 5.74) is 4.46. The summed E-state index contributed by atoms with van der Waals surface area (Å²) in [4.78, 5) is 18.4. The van der Waals surface area contributed by atoms with E-state index in [9.17, 15) is 15.0 Å². The van der Waals surface area contributed by atoms with Crippen molar-refractivity contribution in [3.05, 3.63) is 16.8 Å². The average Bonchev–Trinajstić information content (AvgIpc) is 2.57. The van der Waals surface area contributed by atoms with Gasteiger partial charge >= 0.3 is 5.69 Å². The first kappa shape index (κ1) is 11.9. The molecular formula is C8H12N4O5. The van der Waals surface area contributed by atoms with Gasteiger partial charge in [0, 0.05) is 0 Å². The van der Waals surface area contributed by atoms with Gasteiger partial charge in [0.15, 0.2) is 6.23 Å². The summed E-state index contributed by atoms with van der Waals surface area (Å²) in [6.07, 6.45) is -3.67. The quantitative estimate of drug-likeness (QED) is 0.426. The van der Waals surface area contributed by atoms with Crippen LogP contribution in [-0.2, 0) is 4.74 Å². The Labute approximate surface area is 95.1 Å². The topological polar surface area (TPSA) is 144 Å². The number of hydrogen-bond donors (Lipinski definition) is 4. The van der Waals surface area contributed by atoms with Gasteiger partial charge in [-0.25, -0.2) is 9.78 Å². The van der Waals surface area contributed by atoms with Crippen molar-refractivity contribution in [3.63, 3.8) is 0 Å². The first-order chi connectivity index (χ1) is 8.04. The second-order valence-corrected chi connectivity index (χ2v) is 3.63. The van der Waals surface area contributed by atoms with Crippen molar-refractivity contribution in [1.82, 2.24) is 14.5 Å². The van der Waals surface area contributed by atoms with Crippen molar-refractivity contribution >= 4 is 5.95 Å². The van der Waals surface area contributed by atoms with Crippen molar-refractivity contribution in [2.75, 3.05) is 12.3 Å². The zero-order valence-corrected chi connectivity index (χ0v) is 8.67. The van der Waals surface area contributed by atoms with E-state index in [0.717, 1.165) is 10.9 Å². The Morgan fingerprint density at radius 2 is 2.18 bits per heavy atom. The Balaban J connectivity index is 2.32. The Bertz CT molecular complexity index is 463. The lowest BCUT2D eigenvalue weighted by molar-refractivity contribution is -0.0554. The van der Waals surface area contributed by atoms with Crippen molar-refractivity contribution in [3.8, 4) is 0 Å². The zero-order valence-electron chi connectivity index (χ0n) is 8.67. The molecule has 0 radical (unpaired) electrons. The van der Waals surface area contributed by atoms with Crippen molar-refractivity contribution in [2.45, 2.75) is 24.5 Å². The maximum atomic E-state index is 11.5. The first-order valence-corrected chi connectivity index (χ1v) is 4.87. The Hall–Kier alpha value is -1.55. The van der Waals surface area contributed by atoms with E-state index in [-0.39, 0.29) is 5.95 Å². The molecule has 1 aromatic rings. The van der Waals surface area contributed by atoms with Gasteiger partial charge in [0.1, 0.15) is 24.6 Å². The molecule has 1 unspecified atom stereocenters. The summed E-state index contributed by atoms with van der Waals surface area (Å²) < 4.78 is 6.04. The van der Waals surface area contributed by atoms with Crippen LogP contribution in [0.2, 0.25) is 0 Å². The number of rotatable bonds is 2. The van der Waals surface area contributed by atoms with E-state index in [1.165, 1.54) is 0 Å². The minimum Gasteiger partial charge on any atom is -0.394 e. The maximum Gasteiger partial charge on any atom is 0.354 e. The van der Waals surface area contributed by atoms with E-state index in [1.54, 1.807) is 0 Å². The van der Waals surface area contributed by atoms with Crippen molar-refractivity contribution in [2.24, 2.45) is 0 Å². The fourth-order valence-corrected chi connectivity index (χ4v) is 1.64. The summed E-state index contributed by atoms with van der Waals surface area (Å²) >= 11 is 0. The molecule has 1 aromatic heterocycles. The van der Waals surface area contributed by atoms with Crippen LogP contribution in [-0.4, -0.2) is 54.8 Å². The van der Waals surface area contributed by atoms with Gasteiger partial charge in [0.05, 0.1) is 6.61 Å². The molecule has 2 rings (SSSR count). The number of aliphatic hydroxyl groups is 3. The molecule has 5 N–H and O–H groups in total. The third-order valence-corrected chi connectivity index (χ3v) is 2.54. The van der Waals surface area contributed by atoms with Gasteiger partial charge in [0.2, 0.25) is 5.95 Å². The van der Waals surface area contributed by atoms with Crippen LogP contribution in [0.5, 0.6) is 0 Å². The summed E-state index contributed by atoms with van der Waals surface area (Å²) in [6.45, 7) is -0.473. The van der Waals surface area contributed by atoms with Gasteiger partial charge in [-0.05, 0) is 0 Å². The monoisotopic (exact) mass is 244 g/mol. The minimum absolute atomic E-state index is 0.196. The molecule has 1 aliphatic rings. The predicted octanol–water partition coefficient (Wildman–Crippen LogP) is -3.17. The Morgan fingerprint density at radius 3 is 2.71 bits per heavy atom. The second kappa shape index (κ2) is 4.37. The minimum atomic E-state index is -1.35. The highest BCUT2D eigenvalue weighted by Crippen LogP contribution is 2.27. The number of nitrogens with two attached hydrogens (primary N) is 1. The summed E-state index contributed by atoms with van der Waals surface area (Å²) in [6, 6.07) is 0. The second-order valence-electron chi connectivity index (χ2n) is 3.63. The number of ether oxygens (including phenoxy) is 1. The van der Waals surface area contributed by atoms with E-state index < -0.39 is 36.8 Å². The highest BCUT2D eigenvalue weighted by atomic mass is 16.6. The third-order valence-electron chi connectivity index (χ3n) is 2.54. The van der Waals surface area contributed by atoms with Gasteiger partial charge in [-0.15, -0.1) is 0 Å². The molecule has 0 saturated carbocycles. The van der Waals surface area contributed by atoms with E-state index in [2.05, 4.69) is 9.97 Å². The molecule has 0 aliphatic carbocycles. The average molecular weight is 244 g/mol. The molecule has 94 valence electrons. The molecular weight excluding hydrogens is 232 g/mol. The smallest absolute Gasteiger partial charge is 0.354 e. The van der Waals surface area contributed by atoms with E-state index in [4.69, 9.17) is 15.6 Å². The molecule has 4 atom stereocenters. The molecule has 17 heavy (non-hydrogen) atoms. The molecule has 9 heteroatoms. The lowest BCUT2D eigenvalue weighted by Gasteiger charge is -2.16. The van der Waals surface area contributed by atoms with Crippen molar-refractivity contribution < 1.29 is 20.1 Å².